The van der Waals surface area contributed by atoms with Gasteiger partial charge in [-0.1, -0.05) is 25.0 Å². The van der Waals surface area contributed by atoms with Crippen LogP contribution in [0.4, 0.5) is 5.69 Å². The maximum atomic E-state index is 12.1. The average Bonchev–Trinajstić information content (AvgIpc) is 3.00. The van der Waals surface area contributed by atoms with E-state index in [-0.39, 0.29) is 24.9 Å². The lowest BCUT2D eigenvalue weighted by molar-refractivity contribution is -0.116. The number of carbonyl (C=O) groups is 1. The van der Waals surface area contributed by atoms with Crippen molar-refractivity contribution in [2.45, 2.75) is 38.1 Å². The minimum atomic E-state index is -3.33. The number of rotatable bonds is 6. The van der Waals surface area contributed by atoms with E-state index in [4.69, 9.17) is 5.26 Å². The summed E-state index contributed by atoms with van der Waals surface area (Å²) >= 11 is 0. The molecule has 0 aromatic heterocycles. The molecule has 1 saturated carbocycles. The van der Waals surface area contributed by atoms with Crippen molar-refractivity contribution in [2.24, 2.45) is 0 Å². The predicted molar refractivity (Wildman–Crippen MR) is 88.2 cm³/mol. The van der Waals surface area contributed by atoms with Gasteiger partial charge in [-0.3, -0.25) is 4.79 Å². The third-order valence-electron chi connectivity index (χ3n) is 4.04. The summed E-state index contributed by atoms with van der Waals surface area (Å²) in [7, 11) is -3.33. The molecule has 1 aromatic carbocycles. The Kier molecular flexibility index (Phi) is 5.74. The van der Waals surface area contributed by atoms with Crippen LogP contribution in [0.3, 0.4) is 0 Å². The molecule has 1 amide bonds. The molecule has 0 aliphatic heterocycles. The molecule has 1 fully saturated rings. The standard InChI is InChI=1S/C16H21N3O3S/c1-23(21,22)19(14-7-3-4-8-14)11-10-16(20)18-15-9-5-2-6-13(15)12-17/h2,5-6,9,14H,3-4,7-8,10-11H2,1H3,(H,18,20). The second-order valence-electron chi connectivity index (χ2n) is 5.77. The Balaban J connectivity index is 1.98. The number of para-hydroxylation sites is 1. The van der Waals surface area contributed by atoms with E-state index >= 15 is 0 Å². The van der Waals surface area contributed by atoms with Gasteiger partial charge in [0.25, 0.3) is 0 Å². The Labute approximate surface area is 137 Å². The first kappa shape index (κ1) is 17.4. The van der Waals surface area contributed by atoms with Gasteiger partial charge < -0.3 is 5.32 Å². The van der Waals surface area contributed by atoms with Crippen LogP contribution >= 0.6 is 0 Å². The first-order valence-corrected chi connectivity index (χ1v) is 9.52. The number of anilines is 1. The zero-order valence-corrected chi connectivity index (χ0v) is 14.0. The van der Waals surface area contributed by atoms with E-state index < -0.39 is 10.0 Å². The van der Waals surface area contributed by atoms with Crippen LogP contribution in [0.15, 0.2) is 24.3 Å². The monoisotopic (exact) mass is 335 g/mol. The van der Waals surface area contributed by atoms with Crippen LogP contribution in [-0.4, -0.2) is 37.5 Å². The molecule has 1 N–H and O–H groups in total. The summed E-state index contributed by atoms with van der Waals surface area (Å²) in [6, 6.07) is 8.75. The van der Waals surface area contributed by atoms with Gasteiger partial charge in [-0.15, -0.1) is 0 Å². The number of hydrogen-bond acceptors (Lipinski definition) is 4. The summed E-state index contributed by atoms with van der Waals surface area (Å²) in [5.74, 6) is -0.292. The molecular formula is C16H21N3O3S. The summed E-state index contributed by atoms with van der Waals surface area (Å²) in [6.45, 7) is 0.171. The van der Waals surface area contributed by atoms with Crippen LogP contribution in [0.1, 0.15) is 37.7 Å². The van der Waals surface area contributed by atoms with Crippen LogP contribution in [0, 0.1) is 11.3 Å². The highest BCUT2D eigenvalue weighted by molar-refractivity contribution is 7.88. The molecule has 0 saturated heterocycles. The molecule has 0 unspecified atom stereocenters. The number of benzene rings is 1. The number of amides is 1. The van der Waals surface area contributed by atoms with Gasteiger partial charge in [0.2, 0.25) is 15.9 Å². The number of nitrogens with zero attached hydrogens (tertiary/aromatic N) is 2. The Morgan fingerprint density at radius 1 is 1.35 bits per heavy atom. The van der Waals surface area contributed by atoms with Crippen molar-refractivity contribution >= 4 is 21.6 Å². The van der Waals surface area contributed by atoms with Gasteiger partial charge in [-0.2, -0.15) is 9.57 Å². The second kappa shape index (κ2) is 7.57. The van der Waals surface area contributed by atoms with E-state index in [1.165, 1.54) is 10.6 Å². The van der Waals surface area contributed by atoms with Crippen LogP contribution < -0.4 is 5.32 Å². The molecule has 7 heteroatoms. The third-order valence-corrected chi connectivity index (χ3v) is 5.37. The highest BCUT2D eigenvalue weighted by atomic mass is 32.2. The van der Waals surface area contributed by atoms with Crippen LogP contribution in [0.2, 0.25) is 0 Å². The zero-order valence-electron chi connectivity index (χ0n) is 13.2. The normalized spacial score (nSPS) is 15.5. The molecule has 1 aliphatic carbocycles. The Morgan fingerprint density at radius 2 is 2.00 bits per heavy atom. The summed E-state index contributed by atoms with van der Waals surface area (Å²) < 4.78 is 25.3. The molecule has 0 spiro atoms. The maximum Gasteiger partial charge on any atom is 0.225 e. The maximum absolute atomic E-state index is 12.1. The number of nitriles is 1. The highest BCUT2D eigenvalue weighted by Crippen LogP contribution is 2.25. The molecular weight excluding hydrogens is 314 g/mol. The van der Waals surface area contributed by atoms with E-state index in [0.29, 0.717) is 11.3 Å². The third kappa shape index (κ3) is 4.78. The molecule has 0 bridgehead atoms. The lowest BCUT2D eigenvalue weighted by atomic mass is 10.2. The smallest absolute Gasteiger partial charge is 0.225 e. The number of sulfonamides is 1. The van der Waals surface area contributed by atoms with Gasteiger partial charge in [0, 0.05) is 19.0 Å². The van der Waals surface area contributed by atoms with Crippen molar-refractivity contribution in [1.82, 2.24) is 4.31 Å². The lowest BCUT2D eigenvalue weighted by Gasteiger charge is -2.26. The first-order valence-electron chi connectivity index (χ1n) is 7.67. The van der Waals surface area contributed by atoms with E-state index in [0.717, 1.165) is 25.7 Å². The fourth-order valence-electron chi connectivity index (χ4n) is 2.93. The van der Waals surface area contributed by atoms with Gasteiger partial charge in [0.1, 0.15) is 6.07 Å². The molecule has 1 aliphatic rings. The van der Waals surface area contributed by atoms with E-state index in [1.54, 1.807) is 24.3 Å². The van der Waals surface area contributed by atoms with Crippen LogP contribution in [0.5, 0.6) is 0 Å². The summed E-state index contributed by atoms with van der Waals surface area (Å²) in [5.41, 5.74) is 0.836. The Hall–Kier alpha value is -1.91. The minimum Gasteiger partial charge on any atom is -0.325 e. The van der Waals surface area contributed by atoms with Gasteiger partial charge in [0.05, 0.1) is 17.5 Å². The SMILES string of the molecule is CS(=O)(=O)N(CCC(=O)Nc1ccccc1C#N)C1CCCC1. The molecule has 23 heavy (non-hydrogen) atoms. The van der Waals surface area contributed by atoms with Gasteiger partial charge >= 0.3 is 0 Å². The molecule has 0 radical (unpaired) electrons. The van der Waals surface area contributed by atoms with E-state index in [9.17, 15) is 13.2 Å². The Bertz CT molecular complexity index is 704. The fourth-order valence-corrected chi connectivity index (χ4v) is 4.10. The van der Waals surface area contributed by atoms with Crippen molar-refractivity contribution < 1.29 is 13.2 Å². The number of carbonyl (C=O) groups excluding carboxylic acids is 1. The van der Waals surface area contributed by atoms with E-state index in [2.05, 4.69) is 5.32 Å². The fraction of sp³-hybridized carbons (Fsp3) is 0.500. The van der Waals surface area contributed by atoms with Crippen molar-refractivity contribution in [3.05, 3.63) is 29.8 Å². The van der Waals surface area contributed by atoms with Crippen molar-refractivity contribution in [2.75, 3.05) is 18.1 Å². The van der Waals surface area contributed by atoms with Crippen molar-refractivity contribution in [3.63, 3.8) is 0 Å². The van der Waals surface area contributed by atoms with Crippen LogP contribution in [0.25, 0.3) is 0 Å². The van der Waals surface area contributed by atoms with E-state index in [1.807, 2.05) is 6.07 Å². The summed E-state index contributed by atoms with van der Waals surface area (Å²) in [6.07, 6.45) is 5.02. The number of hydrogen-bond donors (Lipinski definition) is 1. The predicted octanol–water partition coefficient (Wildman–Crippen LogP) is 2.09. The van der Waals surface area contributed by atoms with Crippen molar-refractivity contribution in [3.8, 4) is 6.07 Å². The molecule has 6 nitrogen and oxygen atoms in total. The first-order chi connectivity index (χ1) is 10.9. The van der Waals surface area contributed by atoms with Gasteiger partial charge in [-0.25, -0.2) is 8.42 Å². The Morgan fingerprint density at radius 3 is 2.61 bits per heavy atom. The number of nitrogens with one attached hydrogen (secondary N) is 1. The average molecular weight is 335 g/mol. The summed E-state index contributed by atoms with van der Waals surface area (Å²) in [4.78, 5) is 12.1. The highest BCUT2D eigenvalue weighted by Gasteiger charge is 2.29. The molecule has 124 valence electrons. The summed E-state index contributed by atoms with van der Waals surface area (Å²) in [5, 5.41) is 11.7. The molecule has 0 heterocycles. The quantitative estimate of drug-likeness (QED) is 0.862. The topological polar surface area (TPSA) is 90.3 Å². The molecule has 1 aromatic rings. The zero-order chi connectivity index (χ0) is 16.9. The van der Waals surface area contributed by atoms with Gasteiger partial charge in [0.15, 0.2) is 0 Å². The van der Waals surface area contributed by atoms with Gasteiger partial charge in [-0.05, 0) is 25.0 Å². The largest absolute Gasteiger partial charge is 0.325 e. The second-order valence-corrected chi connectivity index (χ2v) is 7.70. The van der Waals surface area contributed by atoms with Crippen molar-refractivity contribution in [1.29, 1.82) is 5.26 Å². The van der Waals surface area contributed by atoms with Crippen LogP contribution in [-0.2, 0) is 14.8 Å². The molecule has 0 atom stereocenters. The lowest BCUT2D eigenvalue weighted by Crippen LogP contribution is -2.39. The molecule has 2 rings (SSSR count). The minimum absolute atomic E-state index is 0.00388.